The van der Waals surface area contributed by atoms with Gasteiger partial charge in [0, 0.05) is 49.4 Å². The Kier molecular flexibility index (Phi) is 7.70. The van der Waals surface area contributed by atoms with E-state index in [-0.39, 0.29) is 35.1 Å². The second-order valence-corrected chi connectivity index (χ2v) is 14.8. The van der Waals surface area contributed by atoms with Crippen molar-refractivity contribution in [2.24, 2.45) is 0 Å². The fourth-order valence-electron chi connectivity index (χ4n) is 8.48. The highest BCUT2D eigenvalue weighted by molar-refractivity contribution is 6.08. The number of pyridine rings is 1. The Labute approximate surface area is 290 Å². The van der Waals surface area contributed by atoms with Crippen molar-refractivity contribution in [3.8, 4) is 11.3 Å². The maximum Gasteiger partial charge on any atom is 0.336 e. The molecule has 0 radical (unpaired) electrons. The van der Waals surface area contributed by atoms with Crippen LogP contribution in [0.4, 0.5) is 21.6 Å². The minimum atomic E-state index is -1.14. The number of carbonyl (C=O) groups excluding carboxylic acids is 2. The third kappa shape index (κ3) is 5.06. The molecule has 4 aliphatic rings. The van der Waals surface area contributed by atoms with Gasteiger partial charge in [0.1, 0.15) is 16.7 Å². The van der Waals surface area contributed by atoms with Gasteiger partial charge in [-0.05, 0) is 94.9 Å². The van der Waals surface area contributed by atoms with Crippen LogP contribution in [0.2, 0.25) is 0 Å². The normalized spacial score (nSPS) is 23.4. The first kappa shape index (κ1) is 32.4. The van der Waals surface area contributed by atoms with Crippen LogP contribution in [0.5, 0.6) is 0 Å². The van der Waals surface area contributed by atoms with Crippen molar-refractivity contribution in [1.29, 1.82) is 0 Å². The number of carboxylic acids is 1. The molecule has 11 nitrogen and oxygen atoms in total. The summed E-state index contributed by atoms with van der Waals surface area (Å²) in [6.45, 7) is 10.3. The summed E-state index contributed by atoms with van der Waals surface area (Å²) in [6, 6.07) is 11.3. The summed E-state index contributed by atoms with van der Waals surface area (Å²) in [5.74, 6) is -1.75. The highest BCUT2D eigenvalue weighted by atomic mass is 19.1. The Bertz CT molecular complexity index is 2070. The van der Waals surface area contributed by atoms with Gasteiger partial charge in [0.05, 0.1) is 28.8 Å². The van der Waals surface area contributed by atoms with Gasteiger partial charge >= 0.3 is 5.97 Å². The van der Waals surface area contributed by atoms with E-state index in [1.807, 2.05) is 36.6 Å². The lowest BCUT2D eigenvalue weighted by atomic mass is 9.74. The highest BCUT2D eigenvalue weighted by Crippen LogP contribution is 2.51. The average Bonchev–Trinajstić information content (AvgIpc) is 3.65. The number of imidazole rings is 1. The average molecular weight is 680 g/mol. The summed E-state index contributed by atoms with van der Waals surface area (Å²) in [6.07, 6.45) is 7.59. The molecule has 2 amide bonds. The summed E-state index contributed by atoms with van der Waals surface area (Å²) in [4.78, 5) is 53.8. The fourth-order valence-corrected chi connectivity index (χ4v) is 8.48. The number of carbonyl (C=O) groups is 3. The molecule has 2 aromatic heterocycles. The Hall–Kier alpha value is -4.84. The molecule has 2 N–H and O–H groups in total. The Balaban J connectivity index is 1.19. The number of fused-ring (bicyclic) bond motifs is 3. The summed E-state index contributed by atoms with van der Waals surface area (Å²) in [7, 11) is 0. The lowest BCUT2D eigenvalue weighted by Gasteiger charge is -2.50. The number of hydrogen-bond donors (Lipinski definition) is 2. The number of carboxylic acid groups (broad SMARTS) is 1. The predicted octanol–water partition coefficient (Wildman–Crippen LogP) is 6.03. The van der Waals surface area contributed by atoms with Gasteiger partial charge < -0.3 is 24.8 Å². The molecule has 1 aliphatic carbocycles. The number of aromatic carboxylic acids is 1. The number of nitrogens with one attached hydrogen (secondary N) is 1. The number of anilines is 3. The third-order valence-corrected chi connectivity index (χ3v) is 11.4. The fraction of sp³-hybridized carbons (Fsp3) is 0.447. The molecule has 5 heterocycles. The van der Waals surface area contributed by atoms with E-state index in [9.17, 15) is 19.5 Å². The van der Waals surface area contributed by atoms with Gasteiger partial charge in [0.15, 0.2) is 5.82 Å². The van der Waals surface area contributed by atoms with Crippen LogP contribution in [0.15, 0.2) is 42.7 Å². The van der Waals surface area contributed by atoms with E-state index in [0.29, 0.717) is 47.2 Å². The maximum absolute atomic E-state index is 15.3. The van der Waals surface area contributed by atoms with Crippen molar-refractivity contribution >= 4 is 46.0 Å². The van der Waals surface area contributed by atoms with Gasteiger partial charge in [-0.25, -0.2) is 19.2 Å². The number of amides is 2. The lowest BCUT2D eigenvalue weighted by molar-refractivity contribution is -0.159. The zero-order valence-corrected chi connectivity index (χ0v) is 28.9. The van der Waals surface area contributed by atoms with E-state index in [2.05, 4.69) is 26.2 Å². The first-order chi connectivity index (χ1) is 23.9. The Morgan fingerprint density at radius 1 is 1.04 bits per heavy atom. The largest absolute Gasteiger partial charge is 0.478 e. The van der Waals surface area contributed by atoms with Gasteiger partial charge in [-0.1, -0.05) is 18.6 Å². The molecule has 3 fully saturated rings. The SMILES string of the molecule is CC(=O)N1CC2(CN(C3CC(N4CCCCC4)C3)c3cc(-c4cc5ncn(C(C)C)c5c(Nc5cc(C(=O)O)c(C)cc5F)n4)ccc32)C1=O. The van der Waals surface area contributed by atoms with E-state index in [1.165, 1.54) is 43.2 Å². The molecule has 260 valence electrons. The van der Waals surface area contributed by atoms with Crippen LogP contribution < -0.4 is 10.2 Å². The second kappa shape index (κ2) is 11.9. The van der Waals surface area contributed by atoms with Crippen LogP contribution >= 0.6 is 0 Å². The quantitative estimate of drug-likeness (QED) is 0.225. The topological polar surface area (TPSA) is 124 Å². The molecule has 1 atom stereocenters. The van der Waals surface area contributed by atoms with Crippen molar-refractivity contribution in [1.82, 2.24) is 24.3 Å². The van der Waals surface area contributed by atoms with Crippen LogP contribution in [0.25, 0.3) is 22.3 Å². The maximum atomic E-state index is 15.3. The number of benzene rings is 2. The molecule has 12 heteroatoms. The summed E-state index contributed by atoms with van der Waals surface area (Å²) < 4.78 is 17.2. The number of aryl methyl sites for hydroxylation is 1. The molecular formula is C38H42FN7O4. The number of likely N-dealkylation sites (tertiary alicyclic amines) is 2. The first-order valence-electron chi connectivity index (χ1n) is 17.6. The van der Waals surface area contributed by atoms with E-state index < -0.39 is 17.2 Å². The first-order valence-corrected chi connectivity index (χ1v) is 17.6. The lowest BCUT2D eigenvalue weighted by Crippen LogP contribution is -2.68. The van der Waals surface area contributed by atoms with Crippen molar-refractivity contribution in [2.75, 3.05) is 36.4 Å². The van der Waals surface area contributed by atoms with Crippen molar-refractivity contribution in [2.45, 2.75) is 83.3 Å². The minimum Gasteiger partial charge on any atom is -0.478 e. The molecule has 50 heavy (non-hydrogen) atoms. The molecule has 2 aromatic carbocycles. The van der Waals surface area contributed by atoms with E-state index in [4.69, 9.17) is 4.98 Å². The molecular weight excluding hydrogens is 637 g/mol. The number of imide groups is 1. The number of piperidine rings is 1. The Morgan fingerprint density at radius 2 is 1.80 bits per heavy atom. The Morgan fingerprint density at radius 3 is 2.48 bits per heavy atom. The molecule has 1 spiro atoms. The van der Waals surface area contributed by atoms with Crippen LogP contribution in [0, 0.1) is 12.7 Å². The number of aromatic nitrogens is 3. The summed E-state index contributed by atoms with van der Waals surface area (Å²) >= 11 is 0. The highest BCUT2D eigenvalue weighted by Gasteiger charge is 2.61. The monoisotopic (exact) mass is 679 g/mol. The standard InChI is InChI=1S/C38H42FN7O4/c1-21(2)46-20-40-32-17-30(41-35(34(32)46)42-31-16-27(36(48)49)22(3)12-29(31)39)24-8-9-28-33(13-24)45(19-38(28)18-44(23(4)47)37(38)50)26-14-25(15-26)43-10-6-5-7-11-43/h8-9,12-13,16-17,20-21,25-26H,5-7,10-11,14-15,18-19H2,1-4H3,(H,41,42)(H,48,49). The second-order valence-electron chi connectivity index (χ2n) is 14.8. The number of nitrogens with zero attached hydrogens (tertiary/aromatic N) is 6. The van der Waals surface area contributed by atoms with Gasteiger partial charge in [0.25, 0.3) is 0 Å². The zero-order chi connectivity index (χ0) is 35.1. The van der Waals surface area contributed by atoms with Gasteiger partial charge in [-0.15, -0.1) is 0 Å². The van der Waals surface area contributed by atoms with Gasteiger partial charge in [-0.2, -0.15) is 0 Å². The molecule has 8 rings (SSSR count). The van der Waals surface area contributed by atoms with Crippen molar-refractivity contribution < 1.29 is 23.9 Å². The zero-order valence-electron chi connectivity index (χ0n) is 28.9. The summed E-state index contributed by atoms with van der Waals surface area (Å²) in [5.41, 5.74) is 4.25. The van der Waals surface area contributed by atoms with E-state index >= 15 is 4.39 Å². The minimum absolute atomic E-state index is 0.00120. The number of rotatable bonds is 7. The molecule has 4 aromatic rings. The van der Waals surface area contributed by atoms with Gasteiger partial charge in [0.2, 0.25) is 11.8 Å². The summed E-state index contributed by atoms with van der Waals surface area (Å²) in [5, 5.41) is 12.8. The number of hydrogen-bond acceptors (Lipinski definition) is 8. The van der Waals surface area contributed by atoms with Crippen LogP contribution in [0.3, 0.4) is 0 Å². The van der Waals surface area contributed by atoms with Crippen LogP contribution in [-0.2, 0) is 15.0 Å². The van der Waals surface area contributed by atoms with Gasteiger partial charge in [-0.3, -0.25) is 14.5 Å². The molecule has 1 saturated carbocycles. The van der Waals surface area contributed by atoms with Crippen molar-refractivity contribution in [3.05, 3.63) is 65.2 Å². The van der Waals surface area contributed by atoms with Crippen LogP contribution in [0.1, 0.15) is 80.4 Å². The predicted molar refractivity (Wildman–Crippen MR) is 188 cm³/mol. The molecule has 0 bridgehead atoms. The van der Waals surface area contributed by atoms with Crippen molar-refractivity contribution in [3.63, 3.8) is 0 Å². The number of β-lactam (4-membered cyclic amide) rings is 1. The van der Waals surface area contributed by atoms with E-state index in [0.717, 1.165) is 42.7 Å². The molecule has 2 saturated heterocycles. The molecule has 3 aliphatic heterocycles. The third-order valence-electron chi connectivity index (χ3n) is 11.4. The van der Waals surface area contributed by atoms with Crippen LogP contribution in [-0.4, -0.2) is 85.5 Å². The molecule has 1 unspecified atom stereocenters. The smallest absolute Gasteiger partial charge is 0.336 e. The van der Waals surface area contributed by atoms with E-state index in [1.54, 1.807) is 13.3 Å². The number of halogens is 1.